The first kappa shape index (κ1) is 24.2. The van der Waals surface area contributed by atoms with Crippen LogP contribution in [0.25, 0.3) is 10.2 Å². The van der Waals surface area contributed by atoms with Crippen LogP contribution >= 0.6 is 11.3 Å². The minimum absolute atomic E-state index is 0.0230. The maximum absolute atomic E-state index is 12.1. The number of benzene rings is 1. The number of carbonyl (C=O) groups excluding carboxylic acids is 1. The Bertz CT molecular complexity index is 1240. The fourth-order valence-electron chi connectivity index (χ4n) is 3.44. The number of hydroxylamine groups is 1. The van der Waals surface area contributed by atoms with Gasteiger partial charge in [0.25, 0.3) is 5.91 Å². The van der Waals surface area contributed by atoms with Gasteiger partial charge >= 0.3 is 0 Å². The van der Waals surface area contributed by atoms with Gasteiger partial charge in [0, 0.05) is 24.2 Å². The minimum atomic E-state index is -3.76. The highest BCUT2D eigenvalue weighted by Crippen LogP contribution is 2.28. The molecule has 1 fully saturated rings. The molecule has 1 saturated carbocycles. The molecule has 2 aromatic rings. The summed E-state index contributed by atoms with van der Waals surface area (Å²) in [6.07, 6.45) is 0.642. The molecule has 8 nitrogen and oxygen atoms in total. The second-order valence-corrected chi connectivity index (χ2v) is 11.6. The molecule has 1 aliphatic rings. The molecule has 0 saturated heterocycles. The summed E-state index contributed by atoms with van der Waals surface area (Å²) in [5.74, 6) is 10.4. The summed E-state index contributed by atoms with van der Waals surface area (Å²) in [5, 5.41) is 28.7. The first-order valence-electron chi connectivity index (χ1n) is 9.95. The third-order valence-electron chi connectivity index (χ3n) is 5.69. The quantitative estimate of drug-likeness (QED) is 0.287. The predicted octanol–water partition coefficient (Wildman–Crippen LogP) is 1.02. The highest BCUT2D eigenvalue weighted by Gasteiger charge is 2.43. The average Bonchev–Trinajstić information content (AvgIpc) is 3.29. The molecule has 1 aliphatic carbocycles. The van der Waals surface area contributed by atoms with E-state index in [2.05, 4.69) is 28.7 Å². The molecule has 170 valence electrons. The molecule has 1 aromatic heterocycles. The van der Waals surface area contributed by atoms with E-state index < -0.39 is 32.7 Å². The van der Waals surface area contributed by atoms with Crippen LogP contribution in [-0.4, -0.2) is 57.9 Å². The van der Waals surface area contributed by atoms with Gasteiger partial charge in [-0.15, -0.1) is 11.3 Å². The van der Waals surface area contributed by atoms with Gasteiger partial charge in [-0.1, -0.05) is 11.8 Å². The number of rotatable bonds is 5. The van der Waals surface area contributed by atoms with Crippen LogP contribution in [-0.2, 0) is 21.1 Å². The number of thiazole rings is 1. The van der Waals surface area contributed by atoms with Crippen LogP contribution in [0.4, 0.5) is 0 Å². The molecule has 32 heavy (non-hydrogen) atoms. The van der Waals surface area contributed by atoms with Gasteiger partial charge < -0.3 is 10.2 Å². The summed E-state index contributed by atoms with van der Waals surface area (Å²) in [6.45, 7) is 1.28. The second kappa shape index (κ2) is 9.57. The predicted molar refractivity (Wildman–Crippen MR) is 121 cm³/mol. The van der Waals surface area contributed by atoms with E-state index in [-0.39, 0.29) is 18.8 Å². The number of nitrogens with one attached hydrogen (secondary N) is 1. The highest BCUT2D eigenvalue weighted by molar-refractivity contribution is 7.92. The van der Waals surface area contributed by atoms with E-state index in [4.69, 9.17) is 5.21 Å². The SMILES string of the molecule is C[C@@](CCc1nc2ccc(C#CC#C[C@H]3C[C@@H](O)[C@@H](O)C3)cc2s1)(C(=O)NO)S(C)(=O)=O. The van der Waals surface area contributed by atoms with E-state index in [9.17, 15) is 23.4 Å². The van der Waals surface area contributed by atoms with Crippen molar-refractivity contribution in [3.8, 4) is 23.7 Å². The molecule has 0 bridgehead atoms. The summed E-state index contributed by atoms with van der Waals surface area (Å²) in [6, 6.07) is 5.49. The molecule has 3 rings (SSSR count). The lowest BCUT2D eigenvalue weighted by atomic mass is 10.0. The first-order valence-corrected chi connectivity index (χ1v) is 12.7. The third-order valence-corrected chi connectivity index (χ3v) is 8.79. The van der Waals surface area contributed by atoms with Crippen LogP contribution in [0, 0.1) is 29.6 Å². The standard InChI is InChI=1S/C22H24N2O6S2/c1-22(21(27)24-28,32(2,29)30)10-9-20-23-16-8-7-14(13-19(16)31-20)5-3-4-6-15-11-17(25)18(26)12-15/h7-8,13,15,17-18,25-26,28H,9-12H2,1-2H3,(H,24,27)/t15-,17+,18-,22-/m1/s1. The number of hydrogen-bond acceptors (Lipinski definition) is 8. The number of aliphatic hydroxyl groups excluding tert-OH is 2. The lowest BCUT2D eigenvalue weighted by molar-refractivity contribution is -0.131. The van der Waals surface area contributed by atoms with Gasteiger partial charge in [-0.2, -0.15) is 0 Å². The zero-order valence-corrected chi connectivity index (χ0v) is 19.3. The van der Waals surface area contributed by atoms with Crippen LogP contribution in [0.1, 0.15) is 36.8 Å². The summed E-state index contributed by atoms with van der Waals surface area (Å²) >= 11 is 1.38. The third kappa shape index (κ3) is 5.29. The number of sulfone groups is 1. The maximum atomic E-state index is 12.1. The normalized spacial score (nSPS) is 22.3. The number of fused-ring (bicyclic) bond motifs is 1. The number of amides is 1. The molecular weight excluding hydrogens is 452 g/mol. The summed E-state index contributed by atoms with van der Waals surface area (Å²) in [7, 11) is -3.76. The van der Waals surface area contributed by atoms with Gasteiger partial charge in [0.2, 0.25) is 0 Å². The summed E-state index contributed by atoms with van der Waals surface area (Å²) < 4.78 is 23.3. The smallest absolute Gasteiger partial charge is 0.264 e. The van der Waals surface area contributed by atoms with Gasteiger partial charge in [0.1, 0.15) is 4.75 Å². The van der Waals surface area contributed by atoms with Crippen molar-refractivity contribution in [2.24, 2.45) is 5.92 Å². The Morgan fingerprint density at radius 3 is 2.59 bits per heavy atom. The molecule has 1 heterocycles. The van der Waals surface area contributed by atoms with Crippen LogP contribution in [0.2, 0.25) is 0 Å². The Balaban J connectivity index is 1.71. The van der Waals surface area contributed by atoms with E-state index in [0.29, 0.717) is 17.8 Å². The van der Waals surface area contributed by atoms with E-state index in [1.54, 1.807) is 0 Å². The van der Waals surface area contributed by atoms with Crippen LogP contribution in [0.3, 0.4) is 0 Å². The number of aromatic nitrogens is 1. The molecule has 0 unspecified atom stereocenters. The van der Waals surface area contributed by atoms with Crippen molar-refractivity contribution in [3.63, 3.8) is 0 Å². The minimum Gasteiger partial charge on any atom is -0.390 e. The topological polar surface area (TPSA) is 137 Å². The van der Waals surface area contributed by atoms with Gasteiger partial charge in [0.15, 0.2) is 9.84 Å². The lowest BCUT2D eigenvalue weighted by Crippen LogP contribution is -2.49. The highest BCUT2D eigenvalue weighted by atomic mass is 32.2. The number of hydrogen-bond donors (Lipinski definition) is 4. The van der Waals surface area contributed by atoms with Gasteiger partial charge in [0.05, 0.1) is 27.4 Å². The van der Waals surface area contributed by atoms with E-state index >= 15 is 0 Å². The molecular formula is C22H24N2O6S2. The monoisotopic (exact) mass is 476 g/mol. The van der Waals surface area contributed by atoms with Crippen LogP contribution < -0.4 is 5.48 Å². The van der Waals surface area contributed by atoms with Gasteiger partial charge in [-0.05, 0) is 56.2 Å². The Morgan fingerprint density at radius 1 is 1.28 bits per heavy atom. The number of nitrogens with zero attached hydrogens (tertiary/aromatic N) is 1. The van der Waals surface area contributed by atoms with E-state index in [1.165, 1.54) is 23.7 Å². The molecule has 0 spiro atoms. The first-order chi connectivity index (χ1) is 15.0. The maximum Gasteiger partial charge on any atom is 0.264 e. The number of aliphatic hydroxyl groups is 2. The Kier molecular flexibility index (Phi) is 7.23. The average molecular weight is 477 g/mol. The van der Waals surface area contributed by atoms with Crippen molar-refractivity contribution in [1.29, 1.82) is 0 Å². The molecule has 0 radical (unpaired) electrons. The van der Waals surface area contributed by atoms with Crippen molar-refractivity contribution >= 4 is 37.3 Å². The lowest BCUT2D eigenvalue weighted by Gasteiger charge is -2.24. The Labute approximate surface area is 190 Å². The van der Waals surface area contributed by atoms with E-state index in [1.807, 2.05) is 18.2 Å². The Hall–Kier alpha value is -2.47. The summed E-state index contributed by atoms with van der Waals surface area (Å²) in [5.41, 5.74) is 2.93. The zero-order valence-electron chi connectivity index (χ0n) is 17.6. The van der Waals surface area contributed by atoms with Crippen molar-refractivity contribution in [2.75, 3.05) is 6.26 Å². The molecule has 10 heteroatoms. The van der Waals surface area contributed by atoms with Crippen molar-refractivity contribution in [1.82, 2.24) is 10.5 Å². The molecule has 0 aliphatic heterocycles. The van der Waals surface area contributed by atoms with Gasteiger partial charge in [-0.25, -0.2) is 18.9 Å². The van der Waals surface area contributed by atoms with Crippen molar-refractivity contribution in [2.45, 2.75) is 49.6 Å². The summed E-state index contributed by atoms with van der Waals surface area (Å²) in [4.78, 5) is 16.4. The zero-order chi connectivity index (χ0) is 23.5. The fourth-order valence-corrected chi connectivity index (χ4v) is 5.30. The number of aryl methyl sites for hydroxylation is 1. The van der Waals surface area contributed by atoms with Crippen LogP contribution in [0.15, 0.2) is 18.2 Å². The van der Waals surface area contributed by atoms with Crippen molar-refractivity contribution < 1.29 is 28.6 Å². The van der Waals surface area contributed by atoms with E-state index in [0.717, 1.165) is 22.0 Å². The largest absolute Gasteiger partial charge is 0.390 e. The fraction of sp³-hybridized carbons (Fsp3) is 0.455. The molecule has 4 atom stereocenters. The van der Waals surface area contributed by atoms with Gasteiger partial charge in [-0.3, -0.25) is 10.0 Å². The molecule has 4 N–H and O–H groups in total. The van der Waals surface area contributed by atoms with Crippen LogP contribution in [0.5, 0.6) is 0 Å². The molecule has 1 aromatic carbocycles. The molecule has 1 amide bonds. The Morgan fingerprint density at radius 2 is 1.97 bits per heavy atom. The van der Waals surface area contributed by atoms with Crippen molar-refractivity contribution in [3.05, 3.63) is 28.8 Å². The second-order valence-electron chi connectivity index (χ2n) is 8.06. The number of carbonyl (C=O) groups is 1.